The van der Waals surface area contributed by atoms with Crippen LogP contribution in [0, 0.1) is 0 Å². The van der Waals surface area contributed by atoms with Gasteiger partial charge in [-0.1, -0.05) is 32.1 Å². The molecule has 0 atom stereocenters. The molecule has 0 unspecified atom stereocenters. The van der Waals surface area contributed by atoms with E-state index in [1.54, 1.807) is 0 Å². The highest BCUT2D eigenvalue weighted by molar-refractivity contribution is 7.98. The topological polar surface area (TPSA) is 41.1 Å². The van der Waals surface area contributed by atoms with Gasteiger partial charge >= 0.3 is 6.03 Å². The van der Waals surface area contributed by atoms with Crippen LogP contribution >= 0.6 is 11.8 Å². The first-order valence-electron chi connectivity index (χ1n) is 7.36. The lowest BCUT2D eigenvalue weighted by molar-refractivity contribution is 0.232. The molecule has 1 fully saturated rings. The molecule has 0 aromatic heterocycles. The van der Waals surface area contributed by atoms with Crippen LogP contribution in [0.3, 0.4) is 0 Å². The Labute approximate surface area is 116 Å². The number of urea groups is 1. The highest BCUT2D eigenvalue weighted by atomic mass is 32.2. The molecule has 1 rings (SSSR count). The first kappa shape index (κ1) is 15.7. The van der Waals surface area contributed by atoms with Crippen molar-refractivity contribution in [3.05, 3.63) is 0 Å². The lowest BCUT2D eigenvalue weighted by Gasteiger charge is -2.22. The third-order valence-corrected chi connectivity index (χ3v) is 4.20. The van der Waals surface area contributed by atoms with Crippen LogP contribution in [0.25, 0.3) is 0 Å². The predicted molar refractivity (Wildman–Crippen MR) is 80.3 cm³/mol. The van der Waals surface area contributed by atoms with Crippen LogP contribution < -0.4 is 10.6 Å². The van der Waals surface area contributed by atoms with Gasteiger partial charge < -0.3 is 10.6 Å². The number of carbonyl (C=O) groups is 1. The van der Waals surface area contributed by atoms with Crippen LogP contribution in [0.15, 0.2) is 0 Å². The minimum atomic E-state index is 0.0333. The normalized spacial score (nSPS) is 16.5. The van der Waals surface area contributed by atoms with Crippen molar-refractivity contribution in [2.75, 3.05) is 18.6 Å². The van der Waals surface area contributed by atoms with E-state index < -0.39 is 0 Å². The van der Waals surface area contributed by atoms with Crippen molar-refractivity contribution in [2.45, 2.75) is 63.8 Å². The number of nitrogens with one attached hydrogen (secondary N) is 2. The average molecular weight is 272 g/mol. The van der Waals surface area contributed by atoms with Gasteiger partial charge in [-0.15, -0.1) is 0 Å². The summed E-state index contributed by atoms with van der Waals surface area (Å²) < 4.78 is 0. The van der Waals surface area contributed by atoms with E-state index in [-0.39, 0.29) is 6.03 Å². The molecule has 18 heavy (non-hydrogen) atoms. The number of unbranched alkanes of at least 4 members (excludes halogenated alkanes) is 3. The molecule has 0 bridgehead atoms. The molecule has 2 amide bonds. The van der Waals surface area contributed by atoms with E-state index in [0.29, 0.717) is 6.04 Å². The number of hydrogen-bond donors (Lipinski definition) is 2. The lowest BCUT2D eigenvalue weighted by atomic mass is 9.96. The van der Waals surface area contributed by atoms with E-state index in [2.05, 4.69) is 16.9 Å². The van der Waals surface area contributed by atoms with Gasteiger partial charge in [0.2, 0.25) is 0 Å². The third-order valence-electron chi connectivity index (χ3n) is 3.50. The molecule has 0 aromatic rings. The largest absolute Gasteiger partial charge is 0.338 e. The van der Waals surface area contributed by atoms with Crippen molar-refractivity contribution in [3.63, 3.8) is 0 Å². The fraction of sp³-hybridized carbons (Fsp3) is 0.929. The van der Waals surface area contributed by atoms with Crippen molar-refractivity contribution < 1.29 is 4.79 Å². The number of carbonyl (C=O) groups excluding carboxylic acids is 1. The van der Waals surface area contributed by atoms with E-state index in [1.807, 2.05) is 11.8 Å². The Morgan fingerprint density at radius 2 is 1.83 bits per heavy atom. The maximum atomic E-state index is 11.6. The number of thioether (sulfide) groups is 1. The van der Waals surface area contributed by atoms with Crippen LogP contribution in [-0.2, 0) is 0 Å². The van der Waals surface area contributed by atoms with Gasteiger partial charge in [0, 0.05) is 12.6 Å². The monoisotopic (exact) mass is 272 g/mol. The summed E-state index contributed by atoms with van der Waals surface area (Å²) in [6, 6.07) is 0.450. The van der Waals surface area contributed by atoms with Gasteiger partial charge in [-0.05, 0) is 37.7 Å². The summed E-state index contributed by atoms with van der Waals surface area (Å²) in [5, 5.41) is 6.04. The van der Waals surface area contributed by atoms with E-state index in [4.69, 9.17) is 0 Å². The first-order valence-corrected chi connectivity index (χ1v) is 8.75. The summed E-state index contributed by atoms with van der Waals surface area (Å²) in [5.74, 6) is 1.26. The molecule has 3 nitrogen and oxygen atoms in total. The van der Waals surface area contributed by atoms with Crippen molar-refractivity contribution in [3.8, 4) is 0 Å². The fourth-order valence-corrected chi connectivity index (χ4v) is 2.90. The Morgan fingerprint density at radius 1 is 1.11 bits per heavy atom. The maximum Gasteiger partial charge on any atom is 0.315 e. The molecule has 0 heterocycles. The molecule has 0 spiro atoms. The van der Waals surface area contributed by atoms with Gasteiger partial charge in [-0.3, -0.25) is 0 Å². The number of rotatable bonds is 8. The Morgan fingerprint density at radius 3 is 2.56 bits per heavy atom. The van der Waals surface area contributed by atoms with Crippen LogP contribution in [0.1, 0.15) is 57.8 Å². The van der Waals surface area contributed by atoms with Gasteiger partial charge in [-0.25, -0.2) is 4.79 Å². The fourth-order valence-electron chi connectivity index (χ4n) is 2.41. The standard InChI is InChI=1S/C14H28N2OS/c1-18-12-8-3-2-7-11-15-14(17)16-13-9-5-4-6-10-13/h13H,2-12H2,1H3,(H2,15,16,17). The van der Waals surface area contributed by atoms with E-state index in [1.165, 1.54) is 44.3 Å². The Bertz CT molecular complexity index is 218. The molecule has 1 aliphatic rings. The van der Waals surface area contributed by atoms with Gasteiger partial charge in [0.15, 0.2) is 0 Å². The van der Waals surface area contributed by atoms with Gasteiger partial charge in [0.1, 0.15) is 0 Å². The second kappa shape index (κ2) is 10.5. The summed E-state index contributed by atoms with van der Waals surface area (Å²) >= 11 is 1.91. The quantitative estimate of drug-likeness (QED) is 0.664. The van der Waals surface area contributed by atoms with E-state index in [9.17, 15) is 4.79 Å². The Hall–Kier alpha value is -0.380. The summed E-state index contributed by atoms with van der Waals surface area (Å²) in [7, 11) is 0. The lowest BCUT2D eigenvalue weighted by Crippen LogP contribution is -2.43. The predicted octanol–water partition coefficient (Wildman–Crippen LogP) is 3.54. The molecular weight excluding hydrogens is 244 g/mol. The molecule has 4 heteroatoms. The average Bonchev–Trinajstić information content (AvgIpc) is 2.39. The maximum absolute atomic E-state index is 11.6. The van der Waals surface area contributed by atoms with Crippen molar-refractivity contribution >= 4 is 17.8 Å². The van der Waals surface area contributed by atoms with Crippen LogP contribution in [0.4, 0.5) is 4.79 Å². The molecule has 1 saturated carbocycles. The molecule has 0 aromatic carbocycles. The van der Waals surface area contributed by atoms with Gasteiger partial charge in [-0.2, -0.15) is 11.8 Å². The highest BCUT2D eigenvalue weighted by Crippen LogP contribution is 2.17. The Balaban J connectivity index is 1.90. The van der Waals surface area contributed by atoms with Gasteiger partial charge in [0.25, 0.3) is 0 Å². The molecule has 1 aliphatic carbocycles. The summed E-state index contributed by atoms with van der Waals surface area (Å²) in [5.41, 5.74) is 0. The zero-order valence-corrected chi connectivity index (χ0v) is 12.5. The van der Waals surface area contributed by atoms with Crippen LogP contribution in [0.2, 0.25) is 0 Å². The summed E-state index contributed by atoms with van der Waals surface area (Å²) in [6.07, 6.45) is 13.2. The molecule has 0 radical (unpaired) electrons. The van der Waals surface area contributed by atoms with Crippen LogP contribution in [-0.4, -0.2) is 30.6 Å². The Kier molecular flexibility index (Phi) is 9.17. The van der Waals surface area contributed by atoms with Crippen molar-refractivity contribution in [2.24, 2.45) is 0 Å². The zero-order valence-electron chi connectivity index (χ0n) is 11.7. The third kappa shape index (κ3) is 7.85. The molecular formula is C14H28N2OS. The minimum absolute atomic E-state index is 0.0333. The first-order chi connectivity index (χ1) is 8.83. The number of hydrogen-bond acceptors (Lipinski definition) is 2. The van der Waals surface area contributed by atoms with Crippen molar-refractivity contribution in [1.29, 1.82) is 0 Å². The SMILES string of the molecule is CSCCCCCCNC(=O)NC1CCCCC1. The van der Waals surface area contributed by atoms with Crippen LogP contribution in [0.5, 0.6) is 0 Å². The summed E-state index contributed by atoms with van der Waals surface area (Å²) in [6.45, 7) is 0.817. The smallest absolute Gasteiger partial charge is 0.315 e. The molecule has 0 aliphatic heterocycles. The van der Waals surface area contributed by atoms with E-state index >= 15 is 0 Å². The highest BCUT2D eigenvalue weighted by Gasteiger charge is 2.14. The minimum Gasteiger partial charge on any atom is -0.338 e. The molecule has 106 valence electrons. The zero-order chi connectivity index (χ0) is 13.1. The number of amides is 2. The second-order valence-corrected chi connectivity index (χ2v) is 6.13. The van der Waals surface area contributed by atoms with Crippen molar-refractivity contribution in [1.82, 2.24) is 10.6 Å². The summed E-state index contributed by atoms with van der Waals surface area (Å²) in [4.78, 5) is 11.6. The molecule has 0 saturated heterocycles. The van der Waals surface area contributed by atoms with Gasteiger partial charge in [0.05, 0.1) is 0 Å². The molecule has 2 N–H and O–H groups in total. The second-order valence-electron chi connectivity index (χ2n) is 5.14. The van der Waals surface area contributed by atoms with E-state index in [0.717, 1.165) is 25.8 Å².